The minimum atomic E-state index is -0.413. The predicted octanol–water partition coefficient (Wildman–Crippen LogP) is 6.28. The average Bonchev–Trinajstić information content (AvgIpc) is 3.21. The van der Waals surface area contributed by atoms with Crippen molar-refractivity contribution in [2.24, 2.45) is 0 Å². The Bertz CT molecular complexity index is 1160. The number of rotatable bonds is 7. The standard InChI is InChI=1S/C26H22BrFN2O/c27-23-13-11-21(12-14-23)17-29-15-5-10-25(29)19-30(18-20-6-2-1-3-7-20)26(31)22-8-4-9-24(28)16-22/h1-16H,17-19H2. The summed E-state index contributed by atoms with van der Waals surface area (Å²) in [5.41, 5.74) is 3.57. The normalized spacial score (nSPS) is 10.8. The van der Waals surface area contributed by atoms with E-state index in [1.54, 1.807) is 17.0 Å². The maximum atomic E-state index is 13.8. The second kappa shape index (κ2) is 9.75. The Labute approximate surface area is 189 Å². The minimum absolute atomic E-state index is 0.195. The highest BCUT2D eigenvalue weighted by Gasteiger charge is 2.19. The molecule has 0 spiro atoms. The molecule has 0 bridgehead atoms. The lowest BCUT2D eigenvalue weighted by Crippen LogP contribution is -2.31. The summed E-state index contributed by atoms with van der Waals surface area (Å²) < 4.78 is 16.9. The summed E-state index contributed by atoms with van der Waals surface area (Å²) >= 11 is 3.47. The second-order valence-corrected chi connectivity index (χ2v) is 8.33. The molecule has 1 aromatic heterocycles. The molecule has 4 aromatic rings. The Balaban J connectivity index is 1.60. The number of aromatic nitrogens is 1. The highest BCUT2D eigenvalue weighted by molar-refractivity contribution is 9.10. The number of hydrogen-bond donors (Lipinski definition) is 0. The zero-order valence-corrected chi connectivity index (χ0v) is 18.5. The van der Waals surface area contributed by atoms with Crippen molar-refractivity contribution >= 4 is 21.8 Å². The van der Waals surface area contributed by atoms with Crippen molar-refractivity contribution in [3.8, 4) is 0 Å². The molecule has 0 fully saturated rings. The molecular formula is C26H22BrFN2O. The minimum Gasteiger partial charge on any atom is -0.345 e. The van der Waals surface area contributed by atoms with Crippen molar-refractivity contribution in [1.82, 2.24) is 9.47 Å². The number of carbonyl (C=O) groups is 1. The number of amides is 1. The van der Waals surface area contributed by atoms with Crippen LogP contribution >= 0.6 is 15.9 Å². The molecule has 3 aromatic carbocycles. The predicted molar refractivity (Wildman–Crippen MR) is 124 cm³/mol. The summed E-state index contributed by atoms with van der Waals surface area (Å²) in [5.74, 6) is -0.608. The second-order valence-electron chi connectivity index (χ2n) is 7.41. The fourth-order valence-electron chi connectivity index (χ4n) is 3.54. The van der Waals surface area contributed by atoms with Crippen molar-refractivity contribution in [1.29, 1.82) is 0 Å². The monoisotopic (exact) mass is 476 g/mol. The van der Waals surface area contributed by atoms with Gasteiger partial charge in [0, 0.05) is 35.0 Å². The highest BCUT2D eigenvalue weighted by Crippen LogP contribution is 2.18. The Morgan fingerprint density at radius 1 is 0.839 bits per heavy atom. The van der Waals surface area contributed by atoms with Gasteiger partial charge in [-0.05, 0) is 53.6 Å². The van der Waals surface area contributed by atoms with E-state index in [-0.39, 0.29) is 5.91 Å². The quantitative estimate of drug-likeness (QED) is 0.308. The SMILES string of the molecule is O=C(c1cccc(F)c1)N(Cc1ccccc1)Cc1cccn1Cc1ccc(Br)cc1. The summed E-state index contributed by atoms with van der Waals surface area (Å²) in [6.07, 6.45) is 2.02. The molecule has 0 aliphatic heterocycles. The molecule has 5 heteroatoms. The van der Waals surface area contributed by atoms with Gasteiger partial charge in [-0.2, -0.15) is 0 Å². The van der Waals surface area contributed by atoms with Gasteiger partial charge in [-0.25, -0.2) is 4.39 Å². The average molecular weight is 477 g/mol. The first kappa shape index (κ1) is 21.1. The molecule has 0 N–H and O–H groups in total. The maximum Gasteiger partial charge on any atom is 0.254 e. The van der Waals surface area contributed by atoms with Gasteiger partial charge in [0.25, 0.3) is 5.91 Å². The van der Waals surface area contributed by atoms with Crippen molar-refractivity contribution < 1.29 is 9.18 Å². The van der Waals surface area contributed by atoms with Crippen LogP contribution in [0.5, 0.6) is 0 Å². The first-order valence-corrected chi connectivity index (χ1v) is 10.8. The van der Waals surface area contributed by atoms with Gasteiger partial charge >= 0.3 is 0 Å². The van der Waals surface area contributed by atoms with Crippen LogP contribution < -0.4 is 0 Å². The molecule has 0 aliphatic carbocycles. The summed E-state index contributed by atoms with van der Waals surface area (Å²) in [6.45, 7) is 1.58. The number of carbonyl (C=O) groups excluding carboxylic acids is 1. The van der Waals surface area contributed by atoms with Crippen molar-refractivity contribution in [2.45, 2.75) is 19.6 Å². The van der Waals surface area contributed by atoms with Crippen LogP contribution in [0.3, 0.4) is 0 Å². The highest BCUT2D eigenvalue weighted by atomic mass is 79.9. The van der Waals surface area contributed by atoms with E-state index in [0.29, 0.717) is 25.2 Å². The molecule has 31 heavy (non-hydrogen) atoms. The van der Waals surface area contributed by atoms with Gasteiger partial charge < -0.3 is 9.47 Å². The lowest BCUT2D eigenvalue weighted by Gasteiger charge is -2.24. The van der Waals surface area contributed by atoms with Gasteiger partial charge in [0.1, 0.15) is 5.82 Å². The fraction of sp³-hybridized carbons (Fsp3) is 0.115. The number of hydrogen-bond acceptors (Lipinski definition) is 1. The third kappa shape index (κ3) is 5.50. The fourth-order valence-corrected chi connectivity index (χ4v) is 3.80. The summed E-state index contributed by atoms with van der Waals surface area (Å²) in [5, 5.41) is 0. The summed E-state index contributed by atoms with van der Waals surface area (Å²) in [7, 11) is 0. The van der Waals surface area contributed by atoms with Gasteiger partial charge in [-0.15, -0.1) is 0 Å². The zero-order chi connectivity index (χ0) is 21.6. The Hall–Kier alpha value is -3.18. The van der Waals surface area contributed by atoms with Crippen LogP contribution in [0.4, 0.5) is 4.39 Å². The van der Waals surface area contributed by atoms with Gasteiger partial charge in [0.2, 0.25) is 0 Å². The molecule has 0 saturated heterocycles. The number of benzene rings is 3. The molecule has 0 atom stereocenters. The first-order chi connectivity index (χ1) is 15.1. The van der Waals surface area contributed by atoms with Crippen LogP contribution in [0, 0.1) is 5.82 Å². The van der Waals surface area contributed by atoms with E-state index < -0.39 is 5.82 Å². The van der Waals surface area contributed by atoms with Crippen molar-refractivity contribution in [3.63, 3.8) is 0 Å². The van der Waals surface area contributed by atoms with E-state index in [1.807, 2.05) is 60.8 Å². The largest absolute Gasteiger partial charge is 0.345 e. The molecule has 156 valence electrons. The maximum absolute atomic E-state index is 13.8. The molecule has 0 aliphatic rings. The lowest BCUT2D eigenvalue weighted by molar-refractivity contribution is 0.0725. The van der Waals surface area contributed by atoms with Crippen LogP contribution in [-0.2, 0) is 19.6 Å². The third-order valence-electron chi connectivity index (χ3n) is 5.12. The van der Waals surface area contributed by atoms with Crippen LogP contribution in [0.25, 0.3) is 0 Å². The molecule has 3 nitrogen and oxygen atoms in total. The van der Waals surface area contributed by atoms with Gasteiger partial charge in [-0.1, -0.05) is 64.5 Å². The Kier molecular flexibility index (Phi) is 6.63. The first-order valence-electron chi connectivity index (χ1n) is 10.1. The van der Waals surface area contributed by atoms with E-state index in [4.69, 9.17) is 0 Å². The van der Waals surface area contributed by atoms with Crippen molar-refractivity contribution in [2.75, 3.05) is 0 Å². The van der Waals surface area contributed by atoms with Crippen LogP contribution in [0.2, 0.25) is 0 Å². The molecule has 1 heterocycles. The van der Waals surface area contributed by atoms with Gasteiger partial charge in [0.05, 0.1) is 6.54 Å². The number of halogens is 2. The van der Waals surface area contributed by atoms with Gasteiger partial charge in [-0.3, -0.25) is 4.79 Å². The van der Waals surface area contributed by atoms with E-state index in [2.05, 4.69) is 32.6 Å². The Morgan fingerprint density at radius 3 is 2.35 bits per heavy atom. The molecule has 0 radical (unpaired) electrons. The molecular weight excluding hydrogens is 455 g/mol. The van der Waals surface area contributed by atoms with E-state index >= 15 is 0 Å². The van der Waals surface area contributed by atoms with E-state index in [1.165, 1.54) is 17.7 Å². The van der Waals surface area contributed by atoms with Crippen molar-refractivity contribution in [3.05, 3.63) is 130 Å². The van der Waals surface area contributed by atoms with Crippen LogP contribution in [0.15, 0.2) is 102 Å². The summed E-state index contributed by atoms with van der Waals surface area (Å²) in [4.78, 5) is 15.0. The molecule has 0 saturated carbocycles. The van der Waals surface area contributed by atoms with E-state index in [9.17, 15) is 9.18 Å². The molecule has 1 amide bonds. The van der Waals surface area contributed by atoms with E-state index in [0.717, 1.165) is 15.7 Å². The van der Waals surface area contributed by atoms with Gasteiger partial charge in [0.15, 0.2) is 0 Å². The van der Waals surface area contributed by atoms with Crippen LogP contribution in [0.1, 0.15) is 27.2 Å². The van der Waals surface area contributed by atoms with Crippen LogP contribution in [-0.4, -0.2) is 15.4 Å². The zero-order valence-electron chi connectivity index (χ0n) is 16.9. The molecule has 0 unspecified atom stereocenters. The number of nitrogens with zero attached hydrogens (tertiary/aromatic N) is 2. The summed E-state index contributed by atoms with van der Waals surface area (Å²) in [6, 6.07) is 27.9. The smallest absolute Gasteiger partial charge is 0.254 e. The topological polar surface area (TPSA) is 25.2 Å². The third-order valence-corrected chi connectivity index (χ3v) is 5.65. The Morgan fingerprint density at radius 2 is 1.61 bits per heavy atom. The molecule has 4 rings (SSSR count). The lowest BCUT2D eigenvalue weighted by atomic mass is 10.1.